The Morgan fingerprint density at radius 3 is 3.18 bits per heavy atom. The summed E-state index contributed by atoms with van der Waals surface area (Å²) in [6.07, 6.45) is 5.28. The number of hydrogen-bond donors (Lipinski definition) is 1. The van der Waals surface area contributed by atoms with Gasteiger partial charge in [-0.3, -0.25) is 0 Å². The average Bonchev–Trinajstić information content (AvgIpc) is 2.97. The van der Waals surface area contributed by atoms with Crippen molar-refractivity contribution < 1.29 is 0 Å². The summed E-state index contributed by atoms with van der Waals surface area (Å²) in [5.41, 5.74) is 4.38. The molecule has 0 fully saturated rings. The third-order valence-electron chi connectivity index (χ3n) is 3.47. The number of nitrogens with one attached hydrogen (secondary N) is 1. The molecule has 1 N–H and O–H groups in total. The van der Waals surface area contributed by atoms with Crippen molar-refractivity contribution >= 4 is 11.3 Å². The van der Waals surface area contributed by atoms with Gasteiger partial charge in [0.25, 0.3) is 0 Å². The third-order valence-corrected chi connectivity index (χ3v) is 4.25. The first-order valence-corrected chi connectivity index (χ1v) is 6.92. The summed E-state index contributed by atoms with van der Waals surface area (Å²) >= 11 is 1.73. The van der Waals surface area contributed by atoms with E-state index in [1.54, 1.807) is 11.3 Å². The number of rotatable bonds is 3. The summed E-state index contributed by atoms with van der Waals surface area (Å²) in [4.78, 5) is 4.34. The van der Waals surface area contributed by atoms with Gasteiger partial charge < -0.3 is 5.32 Å². The molecule has 1 aliphatic rings. The van der Waals surface area contributed by atoms with Crippen LogP contribution < -0.4 is 5.32 Å². The van der Waals surface area contributed by atoms with Crippen molar-refractivity contribution in [3.63, 3.8) is 0 Å². The van der Waals surface area contributed by atoms with Gasteiger partial charge in [-0.05, 0) is 36.6 Å². The van der Waals surface area contributed by atoms with Crippen LogP contribution >= 0.6 is 11.3 Å². The highest BCUT2D eigenvalue weighted by molar-refractivity contribution is 7.09. The van der Waals surface area contributed by atoms with Crippen molar-refractivity contribution in [2.45, 2.75) is 25.3 Å². The van der Waals surface area contributed by atoms with E-state index in [1.807, 2.05) is 18.6 Å². The summed E-state index contributed by atoms with van der Waals surface area (Å²) in [7, 11) is 2.04. The molecule has 0 saturated carbocycles. The van der Waals surface area contributed by atoms with Crippen LogP contribution in [0.2, 0.25) is 0 Å². The van der Waals surface area contributed by atoms with Gasteiger partial charge in [-0.25, -0.2) is 4.98 Å². The molecule has 1 atom stereocenters. The Hall–Kier alpha value is -1.19. The van der Waals surface area contributed by atoms with Crippen molar-refractivity contribution in [3.8, 4) is 0 Å². The molecule has 2 nitrogen and oxygen atoms in total. The molecule has 0 saturated heterocycles. The molecular formula is C14H16N2S. The highest BCUT2D eigenvalue weighted by Crippen LogP contribution is 2.31. The first-order chi connectivity index (χ1) is 8.36. The summed E-state index contributed by atoms with van der Waals surface area (Å²) in [6.45, 7) is 0. The fourth-order valence-corrected chi connectivity index (χ4v) is 3.25. The van der Waals surface area contributed by atoms with Crippen LogP contribution in [0, 0.1) is 0 Å². The second-order valence-electron chi connectivity index (χ2n) is 4.52. The minimum absolute atomic E-state index is 0.555. The van der Waals surface area contributed by atoms with Gasteiger partial charge in [0.05, 0.1) is 5.01 Å². The van der Waals surface area contributed by atoms with Gasteiger partial charge in [0.2, 0.25) is 0 Å². The smallest absolute Gasteiger partial charge is 0.0968 e. The van der Waals surface area contributed by atoms with E-state index in [1.165, 1.54) is 34.5 Å². The lowest BCUT2D eigenvalue weighted by Gasteiger charge is -2.10. The molecule has 0 amide bonds. The predicted molar refractivity (Wildman–Crippen MR) is 71.5 cm³/mol. The van der Waals surface area contributed by atoms with E-state index in [4.69, 9.17) is 0 Å². The molecular weight excluding hydrogens is 228 g/mol. The zero-order valence-corrected chi connectivity index (χ0v) is 10.8. The summed E-state index contributed by atoms with van der Waals surface area (Å²) in [6, 6.07) is 7.44. The summed E-state index contributed by atoms with van der Waals surface area (Å²) in [5, 5.41) is 6.62. The van der Waals surface area contributed by atoms with Crippen LogP contribution in [0.4, 0.5) is 0 Å². The van der Waals surface area contributed by atoms with Gasteiger partial charge in [-0.1, -0.05) is 18.2 Å². The van der Waals surface area contributed by atoms with E-state index in [0.29, 0.717) is 6.04 Å². The van der Waals surface area contributed by atoms with Gasteiger partial charge in [0.1, 0.15) is 0 Å². The molecule has 0 aliphatic heterocycles. The van der Waals surface area contributed by atoms with Crippen molar-refractivity contribution in [2.24, 2.45) is 0 Å². The second-order valence-corrected chi connectivity index (χ2v) is 5.49. The highest BCUT2D eigenvalue weighted by atomic mass is 32.1. The number of hydrogen-bond acceptors (Lipinski definition) is 3. The van der Waals surface area contributed by atoms with Gasteiger partial charge in [-0.15, -0.1) is 11.3 Å². The van der Waals surface area contributed by atoms with Crippen LogP contribution in [-0.4, -0.2) is 12.0 Å². The van der Waals surface area contributed by atoms with Gasteiger partial charge >= 0.3 is 0 Å². The predicted octanol–water partition coefficient (Wildman–Crippen LogP) is 2.94. The first-order valence-electron chi connectivity index (χ1n) is 6.04. The van der Waals surface area contributed by atoms with E-state index in [2.05, 4.69) is 28.5 Å². The van der Waals surface area contributed by atoms with Crippen LogP contribution in [0.15, 0.2) is 29.8 Å². The van der Waals surface area contributed by atoms with Crippen LogP contribution in [0.1, 0.15) is 34.2 Å². The van der Waals surface area contributed by atoms with Crippen molar-refractivity contribution in [1.82, 2.24) is 10.3 Å². The lowest BCUT2D eigenvalue weighted by atomic mass is 10.0. The molecule has 3 heteroatoms. The van der Waals surface area contributed by atoms with Crippen LogP contribution in [0.3, 0.4) is 0 Å². The Bertz CT molecular complexity index is 505. The Morgan fingerprint density at radius 1 is 1.47 bits per heavy atom. The largest absolute Gasteiger partial charge is 0.313 e. The fourth-order valence-electron chi connectivity index (χ4n) is 2.60. The average molecular weight is 244 g/mol. The van der Waals surface area contributed by atoms with E-state index < -0.39 is 0 Å². The normalized spacial score (nSPS) is 18.3. The molecule has 0 bridgehead atoms. The fraction of sp³-hybridized carbons (Fsp3) is 0.357. The topological polar surface area (TPSA) is 24.9 Å². The van der Waals surface area contributed by atoms with Gasteiger partial charge in [0.15, 0.2) is 0 Å². The number of aromatic nitrogens is 1. The zero-order valence-electron chi connectivity index (χ0n) is 9.94. The highest BCUT2D eigenvalue weighted by Gasteiger charge is 2.20. The number of thiazole rings is 1. The molecule has 1 aromatic carbocycles. The molecule has 2 aromatic rings. The molecule has 17 heavy (non-hydrogen) atoms. The maximum Gasteiger partial charge on any atom is 0.0968 e. The monoisotopic (exact) mass is 244 g/mol. The van der Waals surface area contributed by atoms with Gasteiger partial charge in [-0.2, -0.15) is 0 Å². The number of fused-ring (bicyclic) bond motifs is 1. The number of aryl methyl sites for hydroxylation is 1. The Balaban J connectivity index is 1.85. The standard InChI is InChI=1S/C14H16N2S/c1-15-13-5-3-11-8-10(2-4-12(11)13)9-14-16-6-7-17-14/h2,4,6-8,13,15H,3,5,9H2,1H3. The first kappa shape index (κ1) is 10.9. The van der Waals surface area contributed by atoms with E-state index in [0.717, 1.165) is 6.42 Å². The van der Waals surface area contributed by atoms with Crippen molar-refractivity contribution in [1.29, 1.82) is 0 Å². The Morgan fingerprint density at radius 2 is 2.41 bits per heavy atom. The zero-order chi connectivity index (χ0) is 11.7. The van der Waals surface area contributed by atoms with E-state index in [9.17, 15) is 0 Å². The molecule has 1 unspecified atom stereocenters. The van der Waals surface area contributed by atoms with Gasteiger partial charge in [0, 0.05) is 24.0 Å². The van der Waals surface area contributed by atoms with Crippen LogP contribution in [-0.2, 0) is 12.8 Å². The number of benzene rings is 1. The lowest BCUT2D eigenvalue weighted by Crippen LogP contribution is -2.12. The SMILES string of the molecule is CNC1CCc2cc(Cc3nccs3)ccc21. The third kappa shape index (κ3) is 2.13. The van der Waals surface area contributed by atoms with Crippen molar-refractivity contribution in [2.75, 3.05) is 7.05 Å². The van der Waals surface area contributed by atoms with E-state index in [-0.39, 0.29) is 0 Å². The maximum atomic E-state index is 4.34. The van der Waals surface area contributed by atoms with Crippen LogP contribution in [0.25, 0.3) is 0 Å². The number of nitrogens with zero attached hydrogens (tertiary/aromatic N) is 1. The lowest BCUT2D eigenvalue weighted by molar-refractivity contribution is 0.590. The molecule has 88 valence electrons. The molecule has 0 spiro atoms. The summed E-state index contributed by atoms with van der Waals surface area (Å²) < 4.78 is 0. The molecule has 1 heterocycles. The Kier molecular flexibility index (Phi) is 2.95. The molecule has 0 radical (unpaired) electrons. The van der Waals surface area contributed by atoms with E-state index >= 15 is 0 Å². The van der Waals surface area contributed by atoms with Crippen molar-refractivity contribution in [3.05, 3.63) is 51.5 Å². The molecule has 1 aliphatic carbocycles. The minimum atomic E-state index is 0.555. The maximum absolute atomic E-state index is 4.34. The minimum Gasteiger partial charge on any atom is -0.313 e. The second kappa shape index (κ2) is 4.59. The van der Waals surface area contributed by atoms with Crippen LogP contribution in [0.5, 0.6) is 0 Å². The molecule has 1 aromatic heterocycles. The quantitative estimate of drug-likeness (QED) is 0.898. The molecule has 3 rings (SSSR count). The Labute approximate surface area is 106 Å². The summed E-state index contributed by atoms with van der Waals surface area (Å²) in [5.74, 6) is 0.